The van der Waals surface area contributed by atoms with E-state index in [0.29, 0.717) is 5.22 Å². The molecule has 0 spiro atoms. The first-order valence-corrected chi connectivity index (χ1v) is 8.63. The first kappa shape index (κ1) is 16.3. The summed E-state index contributed by atoms with van der Waals surface area (Å²) in [4.78, 5) is 18.9. The molecule has 122 valence electrons. The zero-order valence-corrected chi connectivity index (χ0v) is 14.4. The molecule has 0 aliphatic heterocycles. The zero-order chi connectivity index (χ0) is 16.9. The highest BCUT2D eigenvalue weighted by atomic mass is 32.2. The van der Waals surface area contributed by atoms with Crippen LogP contribution in [-0.4, -0.2) is 16.6 Å². The normalized spacial score (nSPS) is 10.6. The minimum Gasteiger partial charge on any atom is -0.437 e. The van der Waals surface area contributed by atoms with Gasteiger partial charge in [-0.05, 0) is 38.1 Å². The van der Waals surface area contributed by atoms with Gasteiger partial charge in [0, 0.05) is 11.4 Å². The average molecular weight is 338 g/mol. The van der Waals surface area contributed by atoms with E-state index in [-0.39, 0.29) is 11.7 Å². The van der Waals surface area contributed by atoms with Gasteiger partial charge in [0.1, 0.15) is 5.76 Å². The van der Waals surface area contributed by atoms with Crippen molar-refractivity contribution in [2.75, 3.05) is 10.7 Å². The third-order valence-corrected chi connectivity index (χ3v) is 4.42. The molecule has 24 heavy (non-hydrogen) atoms. The molecule has 0 saturated heterocycles. The van der Waals surface area contributed by atoms with Gasteiger partial charge < -0.3 is 4.42 Å². The van der Waals surface area contributed by atoms with Gasteiger partial charge in [0.05, 0.1) is 11.4 Å². The first-order valence-electron chi connectivity index (χ1n) is 7.65. The molecule has 0 bridgehead atoms. The number of carbonyl (C=O) groups excluding carboxylic acids is 1. The van der Waals surface area contributed by atoms with E-state index in [4.69, 9.17) is 4.42 Å². The number of aryl methyl sites for hydroxylation is 2. The number of oxazole rings is 1. The lowest BCUT2D eigenvalue weighted by Gasteiger charge is -2.22. The molecular formula is C19H18N2O2S. The standard InChI is InChI=1S/C19H18N2O2S/c1-14-15(2)23-19(20-14)24-13-18(22)21(16-9-5-3-6-10-16)17-11-7-4-8-12-17/h3-12H,13H2,1-2H3. The number of nitrogens with zero attached hydrogens (tertiary/aromatic N) is 2. The van der Waals surface area contributed by atoms with Crippen molar-refractivity contribution in [3.63, 3.8) is 0 Å². The van der Waals surface area contributed by atoms with Gasteiger partial charge in [0.15, 0.2) is 0 Å². The van der Waals surface area contributed by atoms with E-state index in [9.17, 15) is 4.79 Å². The van der Waals surface area contributed by atoms with E-state index in [0.717, 1.165) is 22.8 Å². The van der Waals surface area contributed by atoms with Gasteiger partial charge in [-0.1, -0.05) is 48.2 Å². The molecule has 3 aromatic rings. The van der Waals surface area contributed by atoms with Crippen molar-refractivity contribution in [2.24, 2.45) is 0 Å². The molecule has 0 saturated carbocycles. The molecule has 0 atom stereocenters. The number of carbonyl (C=O) groups is 1. The van der Waals surface area contributed by atoms with Gasteiger partial charge in [-0.3, -0.25) is 9.69 Å². The van der Waals surface area contributed by atoms with Gasteiger partial charge >= 0.3 is 0 Å². The highest BCUT2D eigenvalue weighted by molar-refractivity contribution is 7.99. The Labute approximate surface area is 145 Å². The fourth-order valence-electron chi connectivity index (χ4n) is 2.28. The largest absolute Gasteiger partial charge is 0.437 e. The minimum absolute atomic E-state index is 0.0223. The fraction of sp³-hybridized carbons (Fsp3) is 0.158. The SMILES string of the molecule is Cc1nc(SCC(=O)N(c2ccccc2)c2ccccc2)oc1C. The molecule has 0 N–H and O–H groups in total. The van der Waals surface area contributed by atoms with Crippen molar-refractivity contribution in [3.05, 3.63) is 72.1 Å². The number of hydrogen-bond acceptors (Lipinski definition) is 4. The molecule has 0 aliphatic carbocycles. The van der Waals surface area contributed by atoms with E-state index in [1.165, 1.54) is 11.8 Å². The second kappa shape index (κ2) is 7.36. The lowest BCUT2D eigenvalue weighted by Crippen LogP contribution is -2.27. The maximum atomic E-state index is 12.8. The maximum absolute atomic E-state index is 12.8. The predicted octanol–water partition coefficient (Wildman–Crippen LogP) is 4.75. The van der Waals surface area contributed by atoms with Crippen LogP contribution in [0, 0.1) is 13.8 Å². The van der Waals surface area contributed by atoms with Crippen LogP contribution in [-0.2, 0) is 4.79 Å². The Kier molecular flexibility index (Phi) is 5.01. The van der Waals surface area contributed by atoms with Gasteiger partial charge in [-0.25, -0.2) is 4.98 Å². The molecule has 1 aromatic heterocycles. The zero-order valence-electron chi connectivity index (χ0n) is 13.6. The van der Waals surface area contributed by atoms with Crippen molar-refractivity contribution in [1.82, 2.24) is 4.98 Å². The first-order chi connectivity index (χ1) is 11.6. The number of hydrogen-bond donors (Lipinski definition) is 0. The second-order valence-corrected chi connectivity index (χ2v) is 6.24. The summed E-state index contributed by atoms with van der Waals surface area (Å²) in [5.41, 5.74) is 2.54. The van der Waals surface area contributed by atoms with Gasteiger partial charge in [-0.2, -0.15) is 0 Å². The molecule has 3 rings (SSSR count). The Bertz CT molecular complexity index is 757. The summed E-state index contributed by atoms with van der Waals surface area (Å²) in [5, 5.41) is 0.527. The van der Waals surface area contributed by atoms with Crippen LogP contribution in [0.3, 0.4) is 0 Å². The summed E-state index contributed by atoms with van der Waals surface area (Å²) >= 11 is 1.31. The van der Waals surface area contributed by atoms with Crippen LogP contribution in [0.5, 0.6) is 0 Å². The van der Waals surface area contributed by atoms with Crippen LogP contribution < -0.4 is 4.90 Å². The van der Waals surface area contributed by atoms with E-state index < -0.39 is 0 Å². The lowest BCUT2D eigenvalue weighted by atomic mass is 10.2. The van der Waals surface area contributed by atoms with E-state index in [1.54, 1.807) is 4.90 Å². The van der Waals surface area contributed by atoms with Gasteiger partial charge in [-0.15, -0.1) is 0 Å². The van der Waals surface area contributed by atoms with Crippen molar-refractivity contribution >= 4 is 29.0 Å². The van der Waals surface area contributed by atoms with Crippen molar-refractivity contribution in [2.45, 2.75) is 19.1 Å². The number of amides is 1. The van der Waals surface area contributed by atoms with Crippen LogP contribution in [0.2, 0.25) is 0 Å². The summed E-state index contributed by atoms with van der Waals surface area (Å²) < 4.78 is 5.54. The molecule has 1 amide bonds. The highest BCUT2D eigenvalue weighted by Crippen LogP contribution is 2.27. The van der Waals surface area contributed by atoms with Gasteiger partial charge in [0.25, 0.3) is 5.22 Å². The quantitative estimate of drug-likeness (QED) is 0.630. The minimum atomic E-state index is -0.0223. The molecule has 0 radical (unpaired) electrons. The molecule has 2 aromatic carbocycles. The van der Waals surface area contributed by atoms with Crippen LogP contribution in [0.25, 0.3) is 0 Å². The Morgan fingerprint density at radius 3 is 2.00 bits per heavy atom. The van der Waals surface area contributed by atoms with E-state index in [1.807, 2.05) is 74.5 Å². The number of rotatable bonds is 5. The van der Waals surface area contributed by atoms with Crippen molar-refractivity contribution < 1.29 is 9.21 Å². The third-order valence-electron chi connectivity index (χ3n) is 3.61. The number of anilines is 2. The van der Waals surface area contributed by atoms with Crippen LogP contribution >= 0.6 is 11.8 Å². The summed E-state index contributed by atoms with van der Waals surface area (Å²) in [7, 11) is 0. The molecule has 4 nitrogen and oxygen atoms in total. The smallest absolute Gasteiger partial charge is 0.256 e. The number of aromatic nitrogens is 1. The van der Waals surface area contributed by atoms with Crippen molar-refractivity contribution in [1.29, 1.82) is 0 Å². The number of para-hydroxylation sites is 2. The molecule has 0 aliphatic rings. The number of benzene rings is 2. The number of thioether (sulfide) groups is 1. The highest BCUT2D eigenvalue weighted by Gasteiger charge is 2.19. The summed E-state index contributed by atoms with van der Waals surface area (Å²) in [5.74, 6) is 1.02. The molecule has 5 heteroatoms. The predicted molar refractivity (Wildman–Crippen MR) is 96.7 cm³/mol. The molecule has 1 heterocycles. The molecule has 0 unspecified atom stereocenters. The van der Waals surface area contributed by atoms with E-state index in [2.05, 4.69) is 4.98 Å². The third kappa shape index (κ3) is 3.68. The summed E-state index contributed by atoms with van der Waals surface area (Å²) in [6, 6.07) is 19.3. The summed E-state index contributed by atoms with van der Waals surface area (Å²) in [6.45, 7) is 3.76. The molecule has 0 fully saturated rings. The van der Waals surface area contributed by atoms with Crippen LogP contribution in [0.1, 0.15) is 11.5 Å². The maximum Gasteiger partial charge on any atom is 0.256 e. The summed E-state index contributed by atoms with van der Waals surface area (Å²) in [6.07, 6.45) is 0. The Balaban J connectivity index is 1.81. The van der Waals surface area contributed by atoms with E-state index >= 15 is 0 Å². The molecular weight excluding hydrogens is 320 g/mol. The lowest BCUT2D eigenvalue weighted by molar-refractivity contribution is -0.115. The van der Waals surface area contributed by atoms with Crippen LogP contribution in [0.15, 0.2) is 70.3 Å². The Hall–Kier alpha value is -2.53. The van der Waals surface area contributed by atoms with Crippen molar-refractivity contribution in [3.8, 4) is 0 Å². The Morgan fingerprint density at radius 2 is 1.54 bits per heavy atom. The Morgan fingerprint density at radius 1 is 1.00 bits per heavy atom. The average Bonchev–Trinajstić information content (AvgIpc) is 2.93. The van der Waals surface area contributed by atoms with Gasteiger partial charge in [0.2, 0.25) is 5.91 Å². The second-order valence-electron chi connectivity index (χ2n) is 5.31. The topological polar surface area (TPSA) is 46.3 Å². The monoisotopic (exact) mass is 338 g/mol. The fourth-order valence-corrected chi connectivity index (χ4v) is 3.05. The van der Waals surface area contributed by atoms with Crippen LogP contribution in [0.4, 0.5) is 11.4 Å².